The summed E-state index contributed by atoms with van der Waals surface area (Å²) < 4.78 is 0. The minimum atomic E-state index is -0.632. The average molecular weight is 483 g/mol. The lowest BCUT2D eigenvalue weighted by molar-refractivity contribution is -0.124. The number of hydrogen-bond acceptors (Lipinski definition) is 5. The van der Waals surface area contributed by atoms with Crippen molar-refractivity contribution in [1.29, 1.82) is 0 Å². The van der Waals surface area contributed by atoms with E-state index in [1.54, 1.807) is 4.90 Å². The van der Waals surface area contributed by atoms with Crippen LogP contribution in [0.3, 0.4) is 0 Å². The molecule has 2 amide bonds. The van der Waals surface area contributed by atoms with Crippen LogP contribution in [0.2, 0.25) is 0 Å². The van der Waals surface area contributed by atoms with Crippen molar-refractivity contribution in [3.63, 3.8) is 0 Å². The van der Waals surface area contributed by atoms with Crippen LogP contribution in [0.15, 0.2) is 82.8 Å². The van der Waals surface area contributed by atoms with E-state index in [0.717, 1.165) is 33.6 Å². The van der Waals surface area contributed by atoms with Crippen LogP contribution in [0.5, 0.6) is 0 Å². The first-order valence-electron chi connectivity index (χ1n) is 11.7. The monoisotopic (exact) mass is 482 g/mol. The third-order valence-electron chi connectivity index (χ3n) is 6.15. The van der Waals surface area contributed by atoms with Crippen LogP contribution in [-0.4, -0.2) is 33.0 Å². The van der Waals surface area contributed by atoms with Crippen LogP contribution in [0.4, 0.5) is 11.4 Å². The lowest BCUT2D eigenvalue weighted by Gasteiger charge is -2.27. The van der Waals surface area contributed by atoms with Gasteiger partial charge in [-0.25, -0.2) is 14.9 Å². The van der Waals surface area contributed by atoms with Gasteiger partial charge in [0.05, 0.1) is 10.9 Å². The predicted octanol–water partition coefficient (Wildman–Crippen LogP) is 5.79. The molecule has 7 heteroatoms. The Morgan fingerprint density at radius 3 is 2.57 bits per heavy atom. The van der Waals surface area contributed by atoms with Crippen molar-refractivity contribution < 1.29 is 9.59 Å². The molecule has 0 bridgehead atoms. The number of aryl methyl sites for hydroxylation is 2. The van der Waals surface area contributed by atoms with Crippen molar-refractivity contribution in [1.82, 2.24) is 4.90 Å². The number of thioether (sulfide) groups is 1. The minimum Gasteiger partial charge on any atom is -0.325 e. The van der Waals surface area contributed by atoms with E-state index in [9.17, 15) is 9.59 Å². The summed E-state index contributed by atoms with van der Waals surface area (Å²) in [6.45, 7) is 5.93. The molecule has 3 aromatic rings. The number of benzene rings is 3. The first kappa shape index (κ1) is 23.1. The molecule has 6 nitrogen and oxygen atoms in total. The van der Waals surface area contributed by atoms with E-state index in [4.69, 9.17) is 9.98 Å². The van der Waals surface area contributed by atoms with E-state index < -0.39 is 11.3 Å². The summed E-state index contributed by atoms with van der Waals surface area (Å²) >= 11 is 1.31. The van der Waals surface area contributed by atoms with Gasteiger partial charge in [0, 0.05) is 11.3 Å². The van der Waals surface area contributed by atoms with Gasteiger partial charge in [0.25, 0.3) is 5.91 Å². The Morgan fingerprint density at radius 1 is 1.06 bits per heavy atom. The van der Waals surface area contributed by atoms with Crippen molar-refractivity contribution >= 4 is 46.0 Å². The molecule has 2 aliphatic heterocycles. The maximum Gasteiger partial charge on any atom is 0.263 e. The van der Waals surface area contributed by atoms with Gasteiger partial charge in [-0.1, -0.05) is 73.3 Å². The van der Waals surface area contributed by atoms with Gasteiger partial charge in [0.1, 0.15) is 5.84 Å². The third-order valence-corrected chi connectivity index (χ3v) is 7.46. The molecule has 2 heterocycles. The molecule has 2 aliphatic rings. The van der Waals surface area contributed by atoms with Gasteiger partial charge >= 0.3 is 0 Å². The van der Waals surface area contributed by atoms with Gasteiger partial charge in [-0.2, -0.15) is 0 Å². The smallest absolute Gasteiger partial charge is 0.263 e. The highest BCUT2D eigenvalue weighted by Crippen LogP contribution is 2.38. The highest BCUT2D eigenvalue weighted by Gasteiger charge is 2.43. The summed E-state index contributed by atoms with van der Waals surface area (Å²) in [5, 5.41) is 3.12. The maximum absolute atomic E-state index is 13.6. The first-order chi connectivity index (χ1) is 17.0. The van der Waals surface area contributed by atoms with E-state index >= 15 is 0 Å². The number of para-hydroxylation sites is 1. The van der Waals surface area contributed by atoms with Gasteiger partial charge in [0.15, 0.2) is 11.2 Å². The van der Waals surface area contributed by atoms with Crippen LogP contribution in [0.25, 0.3) is 0 Å². The van der Waals surface area contributed by atoms with Crippen molar-refractivity contribution in [2.45, 2.75) is 38.5 Å². The molecule has 0 fully saturated rings. The highest BCUT2D eigenvalue weighted by atomic mass is 32.2. The van der Waals surface area contributed by atoms with Crippen LogP contribution in [0, 0.1) is 13.8 Å². The Hall–Kier alpha value is -3.71. The molecular weight excluding hydrogens is 456 g/mol. The second kappa shape index (κ2) is 9.50. The topological polar surface area (TPSA) is 74.1 Å². The summed E-state index contributed by atoms with van der Waals surface area (Å²) in [6, 6.07) is 22.6. The van der Waals surface area contributed by atoms with Crippen molar-refractivity contribution in [2.24, 2.45) is 9.98 Å². The molecule has 0 saturated heterocycles. The predicted molar refractivity (Wildman–Crippen MR) is 142 cm³/mol. The lowest BCUT2D eigenvalue weighted by atomic mass is 10.1. The molecule has 0 aliphatic carbocycles. The number of aliphatic imine (C=N–C) groups is 2. The highest BCUT2D eigenvalue weighted by molar-refractivity contribution is 8.15. The van der Waals surface area contributed by atoms with Gasteiger partial charge in [-0.15, -0.1) is 0 Å². The molecule has 1 N–H and O–H groups in total. The number of carbonyl (C=O) groups excluding carboxylic acids is 2. The first-order valence-corrected chi connectivity index (χ1v) is 12.5. The molecule has 3 aromatic carbocycles. The van der Waals surface area contributed by atoms with Crippen molar-refractivity contribution in [2.75, 3.05) is 5.32 Å². The zero-order valence-electron chi connectivity index (χ0n) is 19.9. The fourth-order valence-electron chi connectivity index (χ4n) is 4.21. The van der Waals surface area contributed by atoms with Crippen LogP contribution < -0.4 is 5.32 Å². The van der Waals surface area contributed by atoms with E-state index in [0.29, 0.717) is 17.4 Å². The van der Waals surface area contributed by atoms with Crippen LogP contribution in [-0.2, 0) is 9.59 Å². The Kier molecular flexibility index (Phi) is 6.26. The molecule has 0 saturated carbocycles. The Balaban J connectivity index is 1.46. The number of nitrogens with zero attached hydrogens (tertiary/aromatic N) is 3. The number of anilines is 1. The van der Waals surface area contributed by atoms with E-state index in [1.807, 2.05) is 93.6 Å². The molecule has 35 heavy (non-hydrogen) atoms. The third kappa shape index (κ3) is 4.39. The zero-order chi connectivity index (χ0) is 24.5. The number of amidine groups is 2. The molecule has 0 unspecified atom stereocenters. The summed E-state index contributed by atoms with van der Waals surface area (Å²) in [4.78, 5) is 38.1. The summed E-state index contributed by atoms with van der Waals surface area (Å²) in [5.41, 5.74) is 5.28. The van der Waals surface area contributed by atoms with Gasteiger partial charge in [-0.3, -0.25) is 9.59 Å². The number of rotatable bonds is 5. The average Bonchev–Trinajstić information content (AvgIpc) is 3.23. The van der Waals surface area contributed by atoms with E-state index in [-0.39, 0.29) is 11.8 Å². The fraction of sp³-hybridized carbons (Fsp3) is 0.214. The van der Waals surface area contributed by atoms with Gasteiger partial charge < -0.3 is 5.32 Å². The largest absolute Gasteiger partial charge is 0.325 e. The zero-order valence-corrected chi connectivity index (χ0v) is 20.7. The molecule has 0 radical (unpaired) electrons. The van der Waals surface area contributed by atoms with Crippen LogP contribution in [0.1, 0.15) is 41.6 Å². The normalized spacial score (nSPS) is 17.3. The quantitative estimate of drug-likeness (QED) is 0.501. The van der Waals surface area contributed by atoms with Crippen molar-refractivity contribution in [3.05, 3.63) is 95.1 Å². The summed E-state index contributed by atoms with van der Waals surface area (Å²) in [5.74, 6) is 0.316. The molecule has 0 aromatic heterocycles. The SMILES string of the molecule is CC[C@@H](SC1=Nc2ccccc2C2=N[C@@H](c3ccccc3)C(=O)N12)C(=O)Nc1cc(C)ccc1C. The molecule has 176 valence electrons. The number of amides is 2. The second-order valence-electron chi connectivity index (χ2n) is 8.67. The molecule has 0 spiro atoms. The number of hydrogen-bond donors (Lipinski definition) is 1. The fourth-order valence-corrected chi connectivity index (χ4v) is 5.23. The number of fused-ring (bicyclic) bond motifs is 3. The summed E-state index contributed by atoms with van der Waals surface area (Å²) in [7, 11) is 0. The maximum atomic E-state index is 13.6. The Morgan fingerprint density at radius 2 is 1.80 bits per heavy atom. The molecule has 5 rings (SSSR count). The number of nitrogens with one attached hydrogen (secondary N) is 1. The molecular formula is C28H26N4O2S. The van der Waals surface area contributed by atoms with Gasteiger partial charge in [0.2, 0.25) is 5.91 Å². The van der Waals surface area contributed by atoms with E-state index in [2.05, 4.69) is 5.32 Å². The second-order valence-corrected chi connectivity index (χ2v) is 9.84. The minimum absolute atomic E-state index is 0.113. The standard InChI is InChI=1S/C28H26N4O2S/c1-4-23(26(33)29-22-16-17(2)14-15-18(22)3)35-28-30-21-13-9-8-12-20(21)25-31-24(27(34)32(25)28)19-10-6-5-7-11-19/h5-16,23-24H,4H2,1-3H3,(H,29,33)/t23-,24+/m1/s1. The molecule has 2 atom stereocenters. The lowest BCUT2D eigenvalue weighted by Crippen LogP contribution is -2.41. The van der Waals surface area contributed by atoms with Gasteiger partial charge in [-0.05, 0) is 55.2 Å². The Labute approximate surface area is 209 Å². The summed E-state index contributed by atoms with van der Waals surface area (Å²) in [6.07, 6.45) is 0.582. The van der Waals surface area contributed by atoms with Crippen LogP contribution >= 0.6 is 11.8 Å². The number of carbonyl (C=O) groups is 2. The Bertz CT molecular complexity index is 1370. The van der Waals surface area contributed by atoms with Crippen molar-refractivity contribution in [3.8, 4) is 0 Å². The van der Waals surface area contributed by atoms with E-state index in [1.165, 1.54) is 11.8 Å².